The minimum absolute atomic E-state index is 0.132. The number of carbonyl (C=O) groups is 3. The lowest BCUT2D eigenvalue weighted by molar-refractivity contribution is -0.347. The Balaban J connectivity index is 1.18. The third kappa shape index (κ3) is 9.40. The fourth-order valence-corrected chi connectivity index (χ4v) is 8.43. The van der Waals surface area contributed by atoms with Crippen LogP contribution < -0.4 is 9.47 Å². The van der Waals surface area contributed by atoms with Crippen LogP contribution in [0.1, 0.15) is 25.0 Å². The maximum absolute atomic E-state index is 13.7. The van der Waals surface area contributed by atoms with Crippen LogP contribution in [0.3, 0.4) is 0 Å². The fourth-order valence-electron chi connectivity index (χ4n) is 8.43. The van der Waals surface area contributed by atoms with Crippen LogP contribution in [0, 0.1) is 11.8 Å². The molecule has 7 rings (SSSR count). The van der Waals surface area contributed by atoms with E-state index in [2.05, 4.69) is 0 Å². The van der Waals surface area contributed by atoms with Crippen LogP contribution >= 0.6 is 0 Å². The molecule has 0 bridgehead atoms. The summed E-state index contributed by atoms with van der Waals surface area (Å²) in [5.74, 6) is -4.35. The fraction of sp³-hybridized carbons (Fsp3) is 0.512. The Hall–Kier alpha value is -5.33. The first-order valence-electron chi connectivity index (χ1n) is 20.2. The molecule has 2 aromatic carbocycles. The van der Waals surface area contributed by atoms with Crippen molar-refractivity contribution < 1.29 is 102 Å². The van der Waals surface area contributed by atoms with Crippen LogP contribution in [0.15, 0.2) is 60.9 Å². The summed E-state index contributed by atoms with van der Waals surface area (Å²) in [4.78, 5) is 39.8. The zero-order valence-electron chi connectivity index (χ0n) is 34.8. The van der Waals surface area contributed by atoms with E-state index in [9.17, 15) is 50.1 Å². The number of hydrogen-bond acceptors (Lipinski definition) is 21. The molecule has 4 heterocycles. The van der Waals surface area contributed by atoms with Gasteiger partial charge >= 0.3 is 17.9 Å². The molecule has 0 aromatic heterocycles. The van der Waals surface area contributed by atoms with Crippen molar-refractivity contribution in [2.75, 3.05) is 27.4 Å². The molecular formula is C43H50O21. The van der Waals surface area contributed by atoms with Gasteiger partial charge in [-0.15, -0.1) is 0 Å². The molecule has 7 N–H and O–H groups in total. The molecule has 0 amide bonds. The second-order valence-electron chi connectivity index (χ2n) is 15.6. The zero-order chi connectivity index (χ0) is 46.0. The first-order chi connectivity index (χ1) is 30.6. The Labute approximate surface area is 365 Å². The van der Waals surface area contributed by atoms with Gasteiger partial charge in [0.2, 0.25) is 6.29 Å². The highest BCUT2D eigenvalue weighted by molar-refractivity contribution is 5.88. The van der Waals surface area contributed by atoms with Gasteiger partial charge in [0.15, 0.2) is 53.9 Å². The van der Waals surface area contributed by atoms with Crippen molar-refractivity contribution in [3.8, 4) is 23.0 Å². The standard InChI is InChI=1S/C43H50O21/c1-19-35(58-20(2)46)37(60-29(49)11-7-21-5-9-24(47)26(15-21)54-3)38(61-30(50)12-8-22-6-10-25(48)27(16-22)55-4)42(57-19)62-36-23-13-14-56-40(31(23)43(18-45)39(36)64-43)63-41-34(53)33(52)32(51)28(17-44)59-41/h5-16,19,23,28,31-42,44-45,47-48,51-53H,17-18H2,1-4H3. The number of rotatable bonds is 15. The normalized spacial score (nSPS) is 36.4. The van der Waals surface area contributed by atoms with Crippen LogP contribution in [0.4, 0.5) is 0 Å². The highest BCUT2D eigenvalue weighted by atomic mass is 16.8. The van der Waals surface area contributed by atoms with Crippen molar-refractivity contribution in [1.82, 2.24) is 0 Å². The van der Waals surface area contributed by atoms with Gasteiger partial charge in [0.25, 0.3) is 0 Å². The number of epoxide rings is 1. The van der Waals surface area contributed by atoms with Crippen molar-refractivity contribution in [2.45, 2.75) is 99.4 Å². The number of methoxy groups -OCH3 is 2. The molecule has 1 aliphatic carbocycles. The molecule has 1 saturated carbocycles. The van der Waals surface area contributed by atoms with E-state index in [1.165, 1.54) is 76.0 Å². The summed E-state index contributed by atoms with van der Waals surface area (Å²) < 4.78 is 64.0. The monoisotopic (exact) mass is 902 g/mol. The minimum atomic E-state index is -1.78. The van der Waals surface area contributed by atoms with Crippen LogP contribution in [-0.4, -0.2) is 167 Å². The number of benzene rings is 2. The topological polar surface area (TPSA) is 298 Å². The predicted molar refractivity (Wildman–Crippen MR) is 212 cm³/mol. The summed E-state index contributed by atoms with van der Waals surface area (Å²) in [5, 5.41) is 71.9. The summed E-state index contributed by atoms with van der Waals surface area (Å²) in [7, 11) is 2.71. The second kappa shape index (κ2) is 19.4. The molecular weight excluding hydrogens is 852 g/mol. The lowest BCUT2D eigenvalue weighted by Gasteiger charge is -2.45. The van der Waals surface area contributed by atoms with Gasteiger partial charge in [-0.1, -0.05) is 12.1 Å². The first kappa shape index (κ1) is 46.7. The number of fused-ring (bicyclic) bond motifs is 3. The molecule has 0 spiro atoms. The molecule has 4 fully saturated rings. The van der Waals surface area contributed by atoms with Crippen LogP contribution in [0.5, 0.6) is 23.0 Å². The summed E-state index contributed by atoms with van der Waals surface area (Å²) in [6, 6.07) is 8.66. The molecule has 16 atom stereocenters. The number of aliphatic hydroxyl groups excluding tert-OH is 5. The van der Waals surface area contributed by atoms with E-state index in [1.807, 2.05) is 0 Å². The molecule has 348 valence electrons. The maximum Gasteiger partial charge on any atom is 0.331 e. The largest absolute Gasteiger partial charge is 0.504 e. The van der Waals surface area contributed by atoms with E-state index < -0.39 is 128 Å². The van der Waals surface area contributed by atoms with E-state index in [-0.39, 0.29) is 23.0 Å². The van der Waals surface area contributed by atoms with Gasteiger partial charge in [0, 0.05) is 25.0 Å². The Morgan fingerprint density at radius 3 is 1.91 bits per heavy atom. The van der Waals surface area contributed by atoms with Gasteiger partial charge in [-0.3, -0.25) is 4.79 Å². The Morgan fingerprint density at radius 2 is 1.34 bits per heavy atom. The van der Waals surface area contributed by atoms with Gasteiger partial charge in [0.05, 0.1) is 51.8 Å². The molecule has 5 aliphatic rings. The van der Waals surface area contributed by atoms with Gasteiger partial charge in [-0.25, -0.2) is 9.59 Å². The molecule has 16 unspecified atom stereocenters. The number of carbonyl (C=O) groups excluding carboxylic acids is 3. The number of hydrogen-bond donors (Lipinski definition) is 7. The SMILES string of the molecule is COc1cc(C=CC(=O)OC2C(OC3C4C=COC(OC5OC(CO)C(O)C(O)C5O)C4C4(CO)OC34)OC(C)C(OC(C)=O)C2OC(=O)C=Cc2ccc(O)c(OC)c2)ccc1O. The molecule has 64 heavy (non-hydrogen) atoms. The number of phenolic OH excluding ortho intramolecular Hbond substituents is 2. The molecule has 2 aromatic rings. The smallest absolute Gasteiger partial charge is 0.331 e. The van der Waals surface area contributed by atoms with Crippen molar-refractivity contribution >= 4 is 30.1 Å². The van der Waals surface area contributed by atoms with Crippen molar-refractivity contribution in [3.63, 3.8) is 0 Å². The minimum Gasteiger partial charge on any atom is -0.504 e. The first-order valence-corrected chi connectivity index (χ1v) is 20.2. The summed E-state index contributed by atoms with van der Waals surface area (Å²) in [6.45, 7) is 1.35. The Morgan fingerprint density at radius 1 is 0.734 bits per heavy atom. The van der Waals surface area contributed by atoms with Gasteiger partial charge in [-0.05, 0) is 60.5 Å². The number of esters is 3. The third-order valence-electron chi connectivity index (χ3n) is 11.7. The second-order valence-corrected chi connectivity index (χ2v) is 15.6. The average molecular weight is 903 g/mol. The zero-order valence-corrected chi connectivity index (χ0v) is 34.8. The molecule has 3 saturated heterocycles. The lowest BCUT2D eigenvalue weighted by Crippen LogP contribution is -2.62. The molecule has 21 heteroatoms. The Kier molecular flexibility index (Phi) is 14.2. The highest BCUT2D eigenvalue weighted by Crippen LogP contribution is 2.61. The number of aromatic hydroxyl groups is 2. The molecule has 0 radical (unpaired) electrons. The summed E-state index contributed by atoms with van der Waals surface area (Å²) >= 11 is 0. The average Bonchev–Trinajstić information content (AvgIpc) is 3.95. The van der Waals surface area contributed by atoms with E-state index >= 15 is 0 Å². The number of ether oxygens (including phenoxy) is 11. The number of aliphatic hydroxyl groups is 5. The maximum atomic E-state index is 13.7. The van der Waals surface area contributed by atoms with E-state index in [4.69, 9.17) is 52.1 Å². The van der Waals surface area contributed by atoms with Crippen molar-refractivity contribution in [2.24, 2.45) is 11.8 Å². The quantitative estimate of drug-likeness (QED) is 0.0527. The highest BCUT2D eigenvalue weighted by Gasteiger charge is 2.77. The Bertz CT molecular complexity index is 2100. The predicted octanol–water partition coefficient (Wildman–Crippen LogP) is -0.211. The van der Waals surface area contributed by atoms with Gasteiger partial charge in [0.1, 0.15) is 36.1 Å². The van der Waals surface area contributed by atoms with E-state index in [1.54, 1.807) is 6.08 Å². The van der Waals surface area contributed by atoms with Crippen LogP contribution in [0.25, 0.3) is 12.2 Å². The van der Waals surface area contributed by atoms with E-state index in [0.29, 0.717) is 11.1 Å². The molecule has 21 nitrogen and oxygen atoms in total. The van der Waals surface area contributed by atoms with Crippen LogP contribution in [0.2, 0.25) is 0 Å². The summed E-state index contributed by atoms with van der Waals surface area (Å²) in [5.41, 5.74) is -0.498. The third-order valence-corrected chi connectivity index (χ3v) is 11.7. The van der Waals surface area contributed by atoms with Crippen molar-refractivity contribution in [3.05, 3.63) is 72.0 Å². The van der Waals surface area contributed by atoms with Gasteiger partial charge < -0.3 is 87.9 Å². The van der Waals surface area contributed by atoms with Crippen molar-refractivity contribution in [1.29, 1.82) is 0 Å². The lowest BCUT2D eigenvalue weighted by atomic mass is 9.85. The molecule has 4 aliphatic heterocycles. The van der Waals surface area contributed by atoms with Gasteiger partial charge in [-0.2, -0.15) is 0 Å². The summed E-state index contributed by atoms with van der Waals surface area (Å²) in [6.07, 6.45) is -10.8. The van der Waals surface area contributed by atoms with E-state index in [0.717, 1.165) is 19.1 Å². The van der Waals surface area contributed by atoms with Crippen LogP contribution in [-0.2, 0) is 57.0 Å². The number of phenols is 2.